The van der Waals surface area contributed by atoms with Crippen molar-refractivity contribution in [1.29, 1.82) is 0 Å². The minimum Gasteiger partial charge on any atom is -0.384 e. The summed E-state index contributed by atoms with van der Waals surface area (Å²) in [5.41, 5.74) is 8.66. The Morgan fingerprint density at radius 3 is 2.88 bits per heavy atom. The summed E-state index contributed by atoms with van der Waals surface area (Å²) in [7, 11) is 0. The number of anilines is 1. The number of nitrogens with zero attached hydrogens (tertiary/aromatic N) is 2. The Morgan fingerprint density at radius 2 is 2.29 bits per heavy atom. The highest BCUT2D eigenvalue weighted by Crippen LogP contribution is 2.11. The molecule has 0 aromatic carbocycles. The van der Waals surface area contributed by atoms with Crippen LogP contribution >= 0.6 is 11.3 Å². The number of rotatable bonds is 3. The van der Waals surface area contributed by atoms with Crippen LogP contribution in [0.4, 0.5) is 5.82 Å². The lowest BCUT2D eigenvalue weighted by Crippen LogP contribution is -2.22. The van der Waals surface area contributed by atoms with Crippen molar-refractivity contribution in [3.05, 3.63) is 40.0 Å². The van der Waals surface area contributed by atoms with E-state index in [2.05, 4.69) is 15.3 Å². The molecule has 0 aliphatic rings. The number of aromatic nitrogens is 2. The molecule has 1 amide bonds. The van der Waals surface area contributed by atoms with Crippen LogP contribution in [-0.2, 0) is 6.54 Å². The van der Waals surface area contributed by atoms with E-state index in [1.54, 1.807) is 17.6 Å². The van der Waals surface area contributed by atoms with Gasteiger partial charge in [-0.2, -0.15) is 0 Å². The molecule has 0 saturated heterocycles. The second-order valence-electron chi connectivity index (χ2n) is 3.52. The predicted molar refractivity (Wildman–Crippen MR) is 66.7 cm³/mol. The average Bonchev–Trinajstić information content (AvgIpc) is 2.73. The Kier molecular flexibility index (Phi) is 3.34. The summed E-state index contributed by atoms with van der Waals surface area (Å²) in [4.78, 5) is 20.8. The van der Waals surface area contributed by atoms with Crippen molar-refractivity contribution >= 4 is 23.1 Å². The first kappa shape index (κ1) is 11.5. The minimum atomic E-state index is -0.162. The van der Waals surface area contributed by atoms with Gasteiger partial charge >= 0.3 is 0 Å². The molecule has 0 saturated carbocycles. The quantitative estimate of drug-likeness (QED) is 0.859. The van der Waals surface area contributed by atoms with Crippen LogP contribution in [0.3, 0.4) is 0 Å². The maximum atomic E-state index is 11.8. The molecule has 88 valence electrons. The van der Waals surface area contributed by atoms with E-state index in [4.69, 9.17) is 5.73 Å². The third kappa shape index (κ3) is 2.79. The Balaban J connectivity index is 1.98. The molecule has 3 N–H and O–H groups in total. The van der Waals surface area contributed by atoms with Crippen molar-refractivity contribution in [1.82, 2.24) is 15.3 Å². The Morgan fingerprint density at radius 1 is 1.47 bits per heavy atom. The largest absolute Gasteiger partial charge is 0.384 e. The topological polar surface area (TPSA) is 80.9 Å². The third-order valence-electron chi connectivity index (χ3n) is 2.30. The van der Waals surface area contributed by atoms with Crippen LogP contribution < -0.4 is 11.1 Å². The van der Waals surface area contributed by atoms with Crippen LogP contribution in [0, 0.1) is 6.92 Å². The molecule has 0 unspecified atom stereocenters. The lowest BCUT2D eigenvalue weighted by Gasteiger charge is -2.04. The minimum absolute atomic E-state index is 0.162. The van der Waals surface area contributed by atoms with Gasteiger partial charge in [0.15, 0.2) is 0 Å². The zero-order valence-electron chi connectivity index (χ0n) is 9.30. The van der Waals surface area contributed by atoms with Crippen LogP contribution in [-0.4, -0.2) is 15.9 Å². The van der Waals surface area contributed by atoms with Gasteiger partial charge in [0.25, 0.3) is 5.91 Å². The number of hydrogen-bond acceptors (Lipinski definition) is 5. The zero-order chi connectivity index (χ0) is 12.3. The lowest BCUT2D eigenvalue weighted by atomic mass is 10.2. The maximum absolute atomic E-state index is 11.8. The van der Waals surface area contributed by atoms with Crippen LogP contribution in [0.25, 0.3) is 0 Å². The molecule has 0 fully saturated rings. The summed E-state index contributed by atoms with van der Waals surface area (Å²) in [5.74, 6) is 0.241. The summed E-state index contributed by atoms with van der Waals surface area (Å²) >= 11 is 1.53. The summed E-state index contributed by atoms with van der Waals surface area (Å²) < 4.78 is 0. The predicted octanol–water partition coefficient (Wildman–Crippen LogP) is 1.36. The molecule has 0 atom stereocenters. The fraction of sp³-hybridized carbons (Fsp3) is 0.182. The van der Waals surface area contributed by atoms with Gasteiger partial charge in [-0.15, -0.1) is 11.3 Å². The van der Waals surface area contributed by atoms with Gasteiger partial charge in [-0.1, -0.05) is 0 Å². The molecular formula is C11H12N4OS. The molecule has 2 aromatic heterocycles. The first-order valence-corrected chi connectivity index (χ1v) is 5.93. The number of carbonyl (C=O) groups is 1. The van der Waals surface area contributed by atoms with E-state index < -0.39 is 0 Å². The van der Waals surface area contributed by atoms with Gasteiger partial charge in [0.1, 0.15) is 5.82 Å². The van der Waals surface area contributed by atoms with E-state index >= 15 is 0 Å². The van der Waals surface area contributed by atoms with Gasteiger partial charge in [-0.05, 0) is 19.1 Å². The molecule has 0 bridgehead atoms. The molecule has 0 aliphatic carbocycles. The molecule has 0 radical (unpaired) electrons. The van der Waals surface area contributed by atoms with Crippen molar-refractivity contribution in [3.63, 3.8) is 0 Å². The van der Waals surface area contributed by atoms with Crippen molar-refractivity contribution < 1.29 is 4.79 Å². The average molecular weight is 248 g/mol. The van der Waals surface area contributed by atoms with Crippen molar-refractivity contribution in [2.75, 3.05) is 5.73 Å². The van der Waals surface area contributed by atoms with E-state index in [1.165, 1.54) is 17.5 Å². The van der Waals surface area contributed by atoms with E-state index in [1.807, 2.05) is 6.92 Å². The van der Waals surface area contributed by atoms with E-state index in [0.29, 0.717) is 17.9 Å². The monoisotopic (exact) mass is 248 g/mol. The Labute approximate surface area is 103 Å². The number of nitrogens with one attached hydrogen (secondary N) is 1. The van der Waals surface area contributed by atoms with E-state index in [-0.39, 0.29) is 5.91 Å². The zero-order valence-corrected chi connectivity index (χ0v) is 10.1. The van der Waals surface area contributed by atoms with Gasteiger partial charge in [-0.25, -0.2) is 9.97 Å². The summed E-state index contributed by atoms with van der Waals surface area (Å²) in [5, 5.41) is 2.81. The van der Waals surface area contributed by atoms with Gasteiger partial charge in [0.2, 0.25) is 0 Å². The normalized spacial score (nSPS) is 10.2. The number of aryl methyl sites for hydroxylation is 1. The van der Waals surface area contributed by atoms with Gasteiger partial charge in [0, 0.05) is 11.1 Å². The molecule has 2 rings (SSSR count). The highest BCUT2D eigenvalue weighted by molar-refractivity contribution is 7.09. The molecule has 2 heterocycles. The molecule has 5 nitrogen and oxygen atoms in total. The molecule has 0 spiro atoms. The Hall–Kier alpha value is -1.95. The van der Waals surface area contributed by atoms with Gasteiger partial charge < -0.3 is 11.1 Å². The fourth-order valence-corrected chi connectivity index (χ4v) is 2.01. The summed E-state index contributed by atoms with van der Waals surface area (Å²) in [6.45, 7) is 2.41. The maximum Gasteiger partial charge on any atom is 0.253 e. The van der Waals surface area contributed by atoms with Crippen molar-refractivity contribution in [2.45, 2.75) is 13.5 Å². The molecular weight excluding hydrogens is 236 g/mol. The Bertz CT molecular complexity index is 521. The summed E-state index contributed by atoms with van der Waals surface area (Å²) in [6.07, 6.45) is 1.46. The van der Waals surface area contributed by atoms with Gasteiger partial charge in [0.05, 0.1) is 23.3 Å². The lowest BCUT2D eigenvalue weighted by molar-refractivity contribution is 0.0951. The standard InChI is InChI=1S/C11H12N4OS/c1-7-9(17-6-15-7)5-14-11(16)8-2-3-10(12)13-4-8/h2-4,6H,5H2,1H3,(H2,12,13)(H,14,16). The smallest absolute Gasteiger partial charge is 0.253 e. The second-order valence-corrected chi connectivity index (χ2v) is 4.45. The molecule has 17 heavy (non-hydrogen) atoms. The van der Waals surface area contributed by atoms with E-state index in [9.17, 15) is 4.79 Å². The number of thiazole rings is 1. The molecule has 6 heteroatoms. The number of carbonyl (C=O) groups excluding carboxylic acids is 1. The third-order valence-corrected chi connectivity index (χ3v) is 3.24. The number of amides is 1. The number of hydrogen-bond donors (Lipinski definition) is 2. The number of pyridine rings is 1. The second kappa shape index (κ2) is 4.92. The molecule has 2 aromatic rings. The highest BCUT2D eigenvalue weighted by Gasteiger charge is 2.07. The first-order valence-electron chi connectivity index (χ1n) is 5.05. The summed E-state index contributed by atoms with van der Waals surface area (Å²) in [6, 6.07) is 3.25. The number of nitrogens with two attached hydrogens (primary N) is 1. The fourth-order valence-electron chi connectivity index (χ4n) is 1.30. The van der Waals surface area contributed by atoms with Crippen LogP contribution in [0.15, 0.2) is 23.8 Å². The van der Waals surface area contributed by atoms with Crippen LogP contribution in [0.1, 0.15) is 20.9 Å². The molecule has 0 aliphatic heterocycles. The first-order chi connectivity index (χ1) is 8.16. The van der Waals surface area contributed by atoms with E-state index in [0.717, 1.165) is 10.6 Å². The van der Waals surface area contributed by atoms with Crippen molar-refractivity contribution in [3.8, 4) is 0 Å². The van der Waals surface area contributed by atoms with Crippen molar-refractivity contribution in [2.24, 2.45) is 0 Å². The van der Waals surface area contributed by atoms with Gasteiger partial charge in [-0.3, -0.25) is 4.79 Å². The van der Waals surface area contributed by atoms with Crippen LogP contribution in [0.2, 0.25) is 0 Å². The highest BCUT2D eigenvalue weighted by atomic mass is 32.1. The SMILES string of the molecule is Cc1ncsc1CNC(=O)c1ccc(N)nc1. The number of nitrogen functional groups attached to an aromatic ring is 1. The van der Waals surface area contributed by atoms with Crippen LogP contribution in [0.5, 0.6) is 0 Å².